The molecular formula is C75H118O4. The number of carbonyl (C=O) groups excluding carboxylic acids is 1. The number of esters is 1. The van der Waals surface area contributed by atoms with Crippen molar-refractivity contribution >= 4 is 16.7 Å². The number of hydrogen-bond donors (Lipinski definition) is 0. The van der Waals surface area contributed by atoms with Crippen molar-refractivity contribution in [2.45, 2.75) is 186 Å². The van der Waals surface area contributed by atoms with E-state index >= 15 is 0 Å². The number of fused-ring (bicyclic) bond motifs is 1. The van der Waals surface area contributed by atoms with Crippen LogP contribution >= 0.6 is 0 Å². The van der Waals surface area contributed by atoms with Gasteiger partial charge in [-0.2, -0.15) is 0 Å². The Kier molecular flexibility index (Phi) is 58.2. The van der Waals surface area contributed by atoms with Crippen LogP contribution in [-0.2, 0) is 27.3 Å². The molecule has 0 aliphatic heterocycles. The molecule has 7 aromatic carbocycles. The van der Waals surface area contributed by atoms with E-state index in [4.69, 9.17) is 9.15 Å². The standard InChI is InChI=1S/C11H16O.C11H10.C9H12.2C8H10.C7H14.C7H8.C5H6O.C3H6O2.6CH4.H2/c1-3-8-12-9-11-6-4-10(2)5-7-11;1-9-6-7-10-4-2-3-5-11(10)8-9;1-2-6-9-7-4-3-5-8-9;2*1-7-3-5-8(2)6-4-7;2*1-7-5-3-2-4-6-7;1-5-3-2-4-6-5;1-3(4)5-2;;;;;;;/h4-7H,3,8-9H2,1-2H3;2-8H,1H3;3-5,7-8H,2,6H2,1H3;2*3-6H,1-2H3;7H,2-6H2,1H3;2-6H,1H3;2-4H,1H3;1-2H3;6*1H4;1H. The molecule has 4 nitrogen and oxygen atoms in total. The molecule has 4 heteroatoms. The first-order valence-corrected chi connectivity index (χ1v) is 26.4. The summed E-state index contributed by atoms with van der Waals surface area (Å²) in [7, 11) is 1.35. The smallest absolute Gasteiger partial charge is 0.302 e. The first-order chi connectivity index (χ1) is 35.1. The van der Waals surface area contributed by atoms with Gasteiger partial charge >= 0.3 is 5.97 Å². The lowest BCUT2D eigenvalue weighted by Gasteiger charge is -2.15. The van der Waals surface area contributed by atoms with Crippen molar-refractivity contribution < 1.29 is 20.1 Å². The van der Waals surface area contributed by atoms with E-state index < -0.39 is 0 Å². The predicted molar refractivity (Wildman–Crippen MR) is 359 cm³/mol. The molecule has 1 heterocycles. The van der Waals surface area contributed by atoms with Gasteiger partial charge in [0.15, 0.2) is 0 Å². The Morgan fingerprint density at radius 3 is 1.19 bits per heavy atom. The molecule has 0 bridgehead atoms. The Hall–Kier alpha value is -6.49. The van der Waals surface area contributed by atoms with Crippen LogP contribution in [0.1, 0.15) is 174 Å². The van der Waals surface area contributed by atoms with Crippen LogP contribution in [0.25, 0.3) is 10.8 Å². The maximum atomic E-state index is 9.59. The maximum absolute atomic E-state index is 9.59. The number of methoxy groups -OCH3 is 1. The highest BCUT2D eigenvalue weighted by atomic mass is 16.5. The van der Waals surface area contributed by atoms with Gasteiger partial charge in [0, 0.05) is 15.0 Å². The Labute approximate surface area is 490 Å². The second-order valence-corrected chi connectivity index (χ2v) is 18.8. The zero-order chi connectivity index (χ0) is 53.9. The Morgan fingerprint density at radius 1 is 0.468 bits per heavy atom. The number of rotatable bonds is 6. The highest BCUT2D eigenvalue weighted by Crippen LogP contribution is 2.22. The van der Waals surface area contributed by atoms with Crippen LogP contribution in [-0.4, -0.2) is 19.7 Å². The first-order valence-electron chi connectivity index (χ1n) is 26.4. The molecule has 0 N–H and O–H groups in total. The minimum absolute atomic E-state index is 0. The normalized spacial score (nSPS) is 10.0. The highest BCUT2D eigenvalue weighted by Gasteiger charge is 2.06. The lowest BCUT2D eigenvalue weighted by atomic mass is 9.91. The Balaban J connectivity index is -0.000000150. The molecule has 1 fully saturated rings. The maximum Gasteiger partial charge on any atom is 0.302 e. The fourth-order valence-corrected chi connectivity index (χ4v) is 6.74. The molecule has 1 aromatic heterocycles. The Bertz CT molecular complexity index is 2390. The number of benzene rings is 7. The van der Waals surface area contributed by atoms with E-state index in [-0.39, 0.29) is 52.0 Å². The third kappa shape index (κ3) is 48.4. The van der Waals surface area contributed by atoms with Gasteiger partial charge in [0.25, 0.3) is 0 Å². The van der Waals surface area contributed by atoms with Crippen molar-refractivity contribution in [2.24, 2.45) is 5.92 Å². The van der Waals surface area contributed by atoms with Crippen molar-refractivity contribution in [2.75, 3.05) is 13.7 Å². The van der Waals surface area contributed by atoms with E-state index in [1.165, 1.54) is 120 Å². The van der Waals surface area contributed by atoms with Gasteiger partial charge in [-0.25, -0.2) is 0 Å². The average Bonchev–Trinajstić information content (AvgIpc) is 3.89. The molecule has 0 atom stereocenters. The van der Waals surface area contributed by atoms with E-state index in [9.17, 15) is 4.79 Å². The van der Waals surface area contributed by atoms with E-state index in [1.807, 2.05) is 37.3 Å². The third-order valence-corrected chi connectivity index (χ3v) is 11.2. The minimum atomic E-state index is -0.245. The second-order valence-electron chi connectivity index (χ2n) is 18.8. The van der Waals surface area contributed by atoms with Crippen LogP contribution in [0.2, 0.25) is 0 Å². The Morgan fingerprint density at radius 2 is 0.861 bits per heavy atom. The van der Waals surface area contributed by atoms with Crippen LogP contribution in [0.5, 0.6) is 0 Å². The summed E-state index contributed by atoms with van der Waals surface area (Å²) < 4.78 is 14.4. The van der Waals surface area contributed by atoms with Crippen molar-refractivity contribution in [3.05, 3.63) is 250 Å². The van der Waals surface area contributed by atoms with Crippen molar-refractivity contribution in [1.29, 1.82) is 0 Å². The topological polar surface area (TPSA) is 48.7 Å². The largest absolute Gasteiger partial charge is 0.470 e. The summed E-state index contributed by atoms with van der Waals surface area (Å²) in [6, 6.07) is 65.0. The number of hydrogen-bond acceptors (Lipinski definition) is 4. The number of carbonyl (C=O) groups is 1. The van der Waals surface area contributed by atoms with E-state index in [2.05, 4.69) is 232 Å². The molecule has 1 aliphatic rings. The fourth-order valence-electron chi connectivity index (χ4n) is 6.74. The number of furan rings is 1. The summed E-state index contributed by atoms with van der Waals surface area (Å²) in [6.07, 6.45) is 12.6. The van der Waals surface area contributed by atoms with E-state index in [0.29, 0.717) is 0 Å². The second kappa shape index (κ2) is 54.8. The molecule has 0 amide bonds. The van der Waals surface area contributed by atoms with Crippen LogP contribution in [0.3, 0.4) is 0 Å². The average molecular weight is 1080 g/mol. The zero-order valence-corrected chi connectivity index (χ0v) is 47.3. The van der Waals surface area contributed by atoms with Gasteiger partial charge in [-0.1, -0.05) is 319 Å². The quantitative estimate of drug-likeness (QED) is 0.123. The highest BCUT2D eigenvalue weighted by molar-refractivity contribution is 5.82. The van der Waals surface area contributed by atoms with Gasteiger partial charge in [-0.3, -0.25) is 4.79 Å². The SMILES string of the molecule is C.C.C.C.C.C.CC1CCCCC1.CCCOCc1ccc(C)cc1.CCCc1ccccc1.COC(C)=O.Cc1ccc(C)cc1.Cc1ccc(C)cc1.Cc1ccc2ccccc2c1.Cc1ccccc1.Cc1ccco1.[HH]. The van der Waals surface area contributed by atoms with Gasteiger partial charge < -0.3 is 13.9 Å². The van der Waals surface area contributed by atoms with E-state index in [0.717, 1.165) is 31.3 Å². The lowest BCUT2D eigenvalue weighted by Crippen LogP contribution is -1.99. The lowest BCUT2D eigenvalue weighted by molar-refractivity contribution is -0.137. The molecule has 1 saturated carbocycles. The molecular weight excluding hydrogens is 965 g/mol. The van der Waals surface area contributed by atoms with Gasteiger partial charge in [0.1, 0.15) is 5.76 Å². The van der Waals surface area contributed by atoms with Gasteiger partial charge in [0.05, 0.1) is 20.0 Å². The molecule has 1 aliphatic carbocycles. The van der Waals surface area contributed by atoms with Crippen LogP contribution in [0.15, 0.2) is 199 Å². The fraction of sp³-hybridized carbons (Fsp3) is 0.400. The number of aryl methyl sites for hydroxylation is 9. The van der Waals surface area contributed by atoms with Crippen molar-refractivity contribution in [3.8, 4) is 0 Å². The molecule has 0 unspecified atom stereocenters. The molecule has 0 saturated heterocycles. The molecule has 9 rings (SSSR count). The molecule has 79 heavy (non-hydrogen) atoms. The molecule has 0 spiro atoms. The summed E-state index contributed by atoms with van der Waals surface area (Å²) in [5.74, 6) is 1.76. The number of ether oxygens (including phenoxy) is 2. The summed E-state index contributed by atoms with van der Waals surface area (Å²) in [6.45, 7) is 26.2. The van der Waals surface area contributed by atoms with E-state index in [1.54, 1.807) is 6.26 Å². The minimum Gasteiger partial charge on any atom is -0.470 e. The monoisotopic (exact) mass is 1080 g/mol. The van der Waals surface area contributed by atoms with Crippen LogP contribution in [0, 0.1) is 61.3 Å². The van der Waals surface area contributed by atoms with Gasteiger partial charge in [-0.05, 0) is 108 Å². The predicted octanol–water partition coefficient (Wildman–Crippen LogP) is 23.7. The van der Waals surface area contributed by atoms with Gasteiger partial charge in [0.2, 0.25) is 0 Å². The third-order valence-electron chi connectivity index (χ3n) is 11.2. The van der Waals surface area contributed by atoms with Crippen molar-refractivity contribution in [1.82, 2.24) is 0 Å². The summed E-state index contributed by atoms with van der Waals surface area (Å²) in [4.78, 5) is 9.59. The molecule has 8 aromatic rings. The van der Waals surface area contributed by atoms with Crippen LogP contribution < -0.4 is 0 Å². The summed E-state index contributed by atoms with van der Waals surface area (Å²) in [5, 5.41) is 2.64. The van der Waals surface area contributed by atoms with Gasteiger partial charge in [-0.15, -0.1) is 0 Å². The van der Waals surface area contributed by atoms with Crippen molar-refractivity contribution in [3.63, 3.8) is 0 Å². The molecule has 0 radical (unpaired) electrons. The summed E-state index contributed by atoms with van der Waals surface area (Å²) >= 11 is 0. The summed E-state index contributed by atoms with van der Waals surface area (Å²) in [5.41, 5.74) is 12.0. The first kappa shape index (κ1) is 83.8. The molecule has 442 valence electrons. The zero-order valence-electron chi connectivity index (χ0n) is 47.3. The van der Waals surface area contributed by atoms with Crippen LogP contribution in [0.4, 0.5) is 0 Å².